The highest BCUT2D eigenvalue weighted by molar-refractivity contribution is 5.44. The molecule has 2 rings (SSSR count). The lowest BCUT2D eigenvalue weighted by molar-refractivity contribution is 0.406. The molecular formula is C12H20N2O. The van der Waals surface area contributed by atoms with Crippen LogP contribution in [0.1, 0.15) is 20.3 Å². The third-order valence-corrected chi connectivity index (χ3v) is 2.93. The van der Waals surface area contributed by atoms with Crippen LogP contribution in [0.25, 0.3) is 0 Å². The highest BCUT2D eigenvalue weighted by Crippen LogP contribution is 2.22. The molecule has 1 N–H and O–H groups in total. The van der Waals surface area contributed by atoms with E-state index < -0.39 is 0 Å². The van der Waals surface area contributed by atoms with Crippen LogP contribution in [-0.4, -0.2) is 25.7 Å². The summed E-state index contributed by atoms with van der Waals surface area (Å²) in [7, 11) is 0. The van der Waals surface area contributed by atoms with Gasteiger partial charge in [0, 0.05) is 25.7 Å². The summed E-state index contributed by atoms with van der Waals surface area (Å²) in [6.07, 6.45) is 4.83. The van der Waals surface area contributed by atoms with Gasteiger partial charge in [0.2, 0.25) is 0 Å². The first-order valence-electron chi connectivity index (χ1n) is 5.77. The van der Waals surface area contributed by atoms with Crippen molar-refractivity contribution in [3.8, 4) is 0 Å². The highest BCUT2D eigenvalue weighted by Gasteiger charge is 2.23. The van der Waals surface area contributed by atoms with Gasteiger partial charge in [0.05, 0.1) is 12.0 Å². The normalized spacial score (nSPS) is 22.3. The largest absolute Gasteiger partial charge is 0.470 e. The van der Waals surface area contributed by atoms with Gasteiger partial charge in [-0.25, -0.2) is 0 Å². The Morgan fingerprint density at radius 3 is 3.13 bits per heavy atom. The molecule has 2 heterocycles. The molecule has 1 aliphatic heterocycles. The van der Waals surface area contributed by atoms with Crippen molar-refractivity contribution in [1.29, 1.82) is 0 Å². The summed E-state index contributed by atoms with van der Waals surface area (Å²) in [4.78, 5) is 2.46. The number of furan rings is 1. The lowest BCUT2D eigenvalue weighted by Crippen LogP contribution is -2.51. The predicted molar refractivity (Wildman–Crippen MR) is 62.2 cm³/mol. The van der Waals surface area contributed by atoms with E-state index in [1.54, 1.807) is 6.26 Å². The molecule has 3 heteroatoms. The van der Waals surface area contributed by atoms with Gasteiger partial charge in [-0.1, -0.05) is 13.8 Å². The minimum absolute atomic E-state index is 0.608. The molecule has 1 atom stereocenters. The summed E-state index contributed by atoms with van der Waals surface area (Å²) in [5.74, 6) is 0.740. The van der Waals surface area contributed by atoms with Crippen LogP contribution >= 0.6 is 0 Å². The molecule has 0 spiro atoms. The SMILES string of the molecule is CC(C)C[C@@H]1CNCCN1c1ccoc1. The van der Waals surface area contributed by atoms with Crippen molar-refractivity contribution in [3.63, 3.8) is 0 Å². The Morgan fingerprint density at radius 2 is 2.47 bits per heavy atom. The maximum absolute atomic E-state index is 5.16. The molecule has 0 aromatic carbocycles. The molecule has 1 aromatic heterocycles. The molecule has 0 amide bonds. The molecule has 1 fully saturated rings. The van der Waals surface area contributed by atoms with Crippen molar-refractivity contribution in [2.75, 3.05) is 24.5 Å². The summed E-state index contributed by atoms with van der Waals surface area (Å²) in [5, 5.41) is 3.46. The highest BCUT2D eigenvalue weighted by atomic mass is 16.3. The minimum atomic E-state index is 0.608. The summed E-state index contributed by atoms with van der Waals surface area (Å²) in [6, 6.07) is 2.66. The van der Waals surface area contributed by atoms with Gasteiger partial charge < -0.3 is 14.6 Å². The Balaban J connectivity index is 2.06. The smallest absolute Gasteiger partial charge is 0.114 e. The zero-order valence-electron chi connectivity index (χ0n) is 9.57. The maximum Gasteiger partial charge on any atom is 0.114 e. The number of nitrogens with zero attached hydrogens (tertiary/aromatic N) is 1. The molecule has 1 aromatic rings. The Bertz CT molecular complexity index is 282. The summed E-state index contributed by atoms with van der Waals surface area (Å²) in [5.41, 5.74) is 1.22. The third kappa shape index (κ3) is 2.53. The summed E-state index contributed by atoms with van der Waals surface area (Å²) < 4.78 is 5.16. The Morgan fingerprint density at radius 1 is 1.60 bits per heavy atom. The second kappa shape index (κ2) is 4.71. The number of hydrogen-bond donors (Lipinski definition) is 1. The minimum Gasteiger partial charge on any atom is -0.470 e. The van der Waals surface area contributed by atoms with E-state index >= 15 is 0 Å². The van der Waals surface area contributed by atoms with Crippen LogP contribution in [0.2, 0.25) is 0 Å². The average Bonchev–Trinajstić information content (AvgIpc) is 2.70. The van der Waals surface area contributed by atoms with E-state index in [0.717, 1.165) is 25.6 Å². The van der Waals surface area contributed by atoms with Gasteiger partial charge in [-0.15, -0.1) is 0 Å². The number of anilines is 1. The zero-order valence-corrected chi connectivity index (χ0v) is 9.57. The first-order chi connectivity index (χ1) is 7.27. The van der Waals surface area contributed by atoms with Crippen molar-refractivity contribution >= 4 is 5.69 Å². The van der Waals surface area contributed by atoms with Crippen LogP contribution in [0, 0.1) is 5.92 Å². The first-order valence-corrected chi connectivity index (χ1v) is 5.77. The molecule has 0 aliphatic carbocycles. The second-order valence-electron chi connectivity index (χ2n) is 4.66. The summed E-state index contributed by atoms with van der Waals surface area (Å²) >= 11 is 0. The van der Waals surface area contributed by atoms with E-state index in [1.807, 2.05) is 6.26 Å². The van der Waals surface area contributed by atoms with Gasteiger partial charge in [-0.3, -0.25) is 0 Å². The number of hydrogen-bond acceptors (Lipinski definition) is 3. The molecule has 0 bridgehead atoms. The van der Waals surface area contributed by atoms with Crippen LogP contribution in [0.3, 0.4) is 0 Å². The number of nitrogens with one attached hydrogen (secondary N) is 1. The zero-order chi connectivity index (χ0) is 10.7. The topological polar surface area (TPSA) is 28.4 Å². The Labute approximate surface area is 91.4 Å². The average molecular weight is 208 g/mol. The van der Waals surface area contributed by atoms with E-state index in [1.165, 1.54) is 12.1 Å². The van der Waals surface area contributed by atoms with E-state index in [4.69, 9.17) is 4.42 Å². The Kier molecular flexibility index (Phi) is 3.31. The molecule has 1 saturated heterocycles. The van der Waals surface area contributed by atoms with Gasteiger partial charge in [-0.2, -0.15) is 0 Å². The standard InChI is InChI=1S/C12H20N2O/c1-10(2)7-12-8-13-4-5-14(12)11-3-6-15-9-11/h3,6,9-10,12-13H,4-5,7-8H2,1-2H3/t12-/m1/s1. The lowest BCUT2D eigenvalue weighted by atomic mass is 10.0. The van der Waals surface area contributed by atoms with Crippen LogP contribution in [-0.2, 0) is 0 Å². The van der Waals surface area contributed by atoms with Crippen LogP contribution < -0.4 is 10.2 Å². The van der Waals surface area contributed by atoms with Crippen LogP contribution in [0.5, 0.6) is 0 Å². The van der Waals surface area contributed by atoms with Gasteiger partial charge in [0.15, 0.2) is 0 Å². The molecule has 3 nitrogen and oxygen atoms in total. The fourth-order valence-electron chi connectivity index (χ4n) is 2.28. The van der Waals surface area contributed by atoms with Crippen LogP contribution in [0.4, 0.5) is 5.69 Å². The Hall–Kier alpha value is -0.960. The van der Waals surface area contributed by atoms with Gasteiger partial charge in [0.1, 0.15) is 6.26 Å². The molecule has 0 unspecified atom stereocenters. The first kappa shape index (κ1) is 10.6. The van der Waals surface area contributed by atoms with E-state index in [9.17, 15) is 0 Å². The molecule has 15 heavy (non-hydrogen) atoms. The van der Waals surface area contributed by atoms with Gasteiger partial charge in [-0.05, 0) is 18.4 Å². The fraction of sp³-hybridized carbons (Fsp3) is 0.667. The van der Waals surface area contributed by atoms with Crippen molar-refractivity contribution in [3.05, 3.63) is 18.6 Å². The number of rotatable bonds is 3. The fourth-order valence-corrected chi connectivity index (χ4v) is 2.28. The van der Waals surface area contributed by atoms with E-state index in [2.05, 4.69) is 30.1 Å². The van der Waals surface area contributed by atoms with Gasteiger partial charge >= 0.3 is 0 Å². The molecule has 0 saturated carbocycles. The van der Waals surface area contributed by atoms with Crippen LogP contribution in [0.15, 0.2) is 23.0 Å². The van der Waals surface area contributed by atoms with Gasteiger partial charge in [0.25, 0.3) is 0 Å². The van der Waals surface area contributed by atoms with E-state index in [0.29, 0.717) is 6.04 Å². The predicted octanol–water partition coefficient (Wildman–Crippen LogP) is 2.10. The molecule has 0 radical (unpaired) electrons. The van der Waals surface area contributed by atoms with Crippen molar-refractivity contribution < 1.29 is 4.42 Å². The van der Waals surface area contributed by atoms with E-state index in [-0.39, 0.29) is 0 Å². The molecule has 1 aliphatic rings. The molecule has 84 valence electrons. The summed E-state index contributed by atoms with van der Waals surface area (Å²) in [6.45, 7) is 7.80. The second-order valence-corrected chi connectivity index (χ2v) is 4.66. The number of piperazine rings is 1. The van der Waals surface area contributed by atoms with Crippen molar-refractivity contribution in [2.45, 2.75) is 26.3 Å². The molecular weight excluding hydrogens is 188 g/mol. The maximum atomic E-state index is 5.16. The lowest BCUT2D eigenvalue weighted by Gasteiger charge is -2.38. The quantitative estimate of drug-likeness (QED) is 0.824. The third-order valence-electron chi connectivity index (χ3n) is 2.93. The van der Waals surface area contributed by atoms with Crippen molar-refractivity contribution in [1.82, 2.24) is 5.32 Å². The van der Waals surface area contributed by atoms with Crippen molar-refractivity contribution in [2.24, 2.45) is 5.92 Å². The monoisotopic (exact) mass is 208 g/mol.